The largest absolute Gasteiger partial charge is 0.494 e. The summed E-state index contributed by atoms with van der Waals surface area (Å²) in [6.45, 7) is 10.4. The standard InChI is InChI=1S/C45H50BrF3N9O3P/c1-4-27-21-37(53-45-51-25-32(46)43(55-45)52-36-7-6-35-31(42(36)62-3)22-28(47)24-50-35)39(61-2)23-38(27)58-13-10-29(11-14-58)57-17-15-56(16-18-57)12-9-26-19-33(48)41(34(49)20-26)30-5-8-40(59)54-44(30)60/h6-7,19-25,29-30,62H,4-5,8-18H2,1-3H3,(H,54,59,60)(H2,51,52,53,55). The fourth-order valence-electron chi connectivity index (χ4n) is 8.96. The zero-order valence-electron chi connectivity index (χ0n) is 35.0. The Morgan fingerprint density at radius 3 is 2.37 bits per heavy atom. The number of anilines is 5. The van der Waals surface area contributed by atoms with Gasteiger partial charge in [0.2, 0.25) is 17.8 Å². The number of nitrogens with one attached hydrogen (secondary N) is 3. The number of piperazine rings is 1. The third-order valence-corrected chi connectivity index (χ3v) is 13.9. The van der Waals surface area contributed by atoms with Crippen molar-refractivity contribution in [3.8, 4) is 5.75 Å². The summed E-state index contributed by atoms with van der Waals surface area (Å²) < 4.78 is 50.9. The van der Waals surface area contributed by atoms with Crippen molar-refractivity contribution in [2.24, 2.45) is 0 Å². The Bertz CT molecular complexity index is 2460. The highest BCUT2D eigenvalue weighted by molar-refractivity contribution is 9.10. The van der Waals surface area contributed by atoms with Gasteiger partial charge in [-0.3, -0.25) is 24.8 Å². The average molecular weight is 933 g/mol. The first kappa shape index (κ1) is 43.7. The van der Waals surface area contributed by atoms with E-state index in [4.69, 9.17) is 9.72 Å². The van der Waals surface area contributed by atoms with Gasteiger partial charge in [0, 0.05) is 98.2 Å². The Kier molecular flexibility index (Phi) is 13.6. The summed E-state index contributed by atoms with van der Waals surface area (Å²) in [7, 11) is 2.06. The zero-order valence-corrected chi connectivity index (χ0v) is 37.5. The van der Waals surface area contributed by atoms with Gasteiger partial charge in [-0.25, -0.2) is 18.2 Å². The lowest BCUT2D eigenvalue weighted by atomic mass is 9.89. The summed E-state index contributed by atoms with van der Waals surface area (Å²) in [4.78, 5) is 44.7. The van der Waals surface area contributed by atoms with Gasteiger partial charge in [0.05, 0.1) is 34.9 Å². The van der Waals surface area contributed by atoms with Crippen molar-refractivity contribution in [2.75, 3.05) is 75.1 Å². The number of hydrogen-bond donors (Lipinski definition) is 3. The average Bonchev–Trinajstić information content (AvgIpc) is 3.27. The van der Waals surface area contributed by atoms with Gasteiger partial charge in [0.1, 0.15) is 29.0 Å². The van der Waals surface area contributed by atoms with Crippen LogP contribution in [0.15, 0.2) is 59.3 Å². The Hall–Kier alpha value is -4.89. The van der Waals surface area contributed by atoms with Crippen LogP contribution in [0.4, 0.5) is 42.0 Å². The third-order valence-electron chi connectivity index (χ3n) is 12.3. The predicted octanol–water partition coefficient (Wildman–Crippen LogP) is 7.55. The number of nitrogens with zero attached hydrogens (tertiary/aromatic N) is 6. The lowest BCUT2D eigenvalue weighted by Crippen LogP contribution is -2.53. The molecule has 8 rings (SSSR count). The first-order valence-corrected chi connectivity index (χ1v) is 23.4. The van der Waals surface area contributed by atoms with Gasteiger partial charge >= 0.3 is 0 Å². The van der Waals surface area contributed by atoms with Crippen LogP contribution in [0.3, 0.4) is 0 Å². The summed E-state index contributed by atoms with van der Waals surface area (Å²) in [5.74, 6) is -2.26. The van der Waals surface area contributed by atoms with Crippen molar-refractivity contribution in [1.82, 2.24) is 30.1 Å². The molecule has 62 heavy (non-hydrogen) atoms. The second kappa shape index (κ2) is 19.2. The number of carbonyl (C=O) groups is 2. The number of pyridine rings is 1. The molecule has 5 heterocycles. The number of piperidine rings is 2. The number of halogens is 4. The number of methoxy groups -OCH3 is 1. The van der Waals surface area contributed by atoms with E-state index in [2.05, 4.69) is 82.3 Å². The minimum absolute atomic E-state index is 0.0645. The van der Waals surface area contributed by atoms with Crippen LogP contribution in [0.1, 0.15) is 55.2 Å². The summed E-state index contributed by atoms with van der Waals surface area (Å²) in [6.07, 6.45) is 6.49. The van der Waals surface area contributed by atoms with Crippen LogP contribution in [0.2, 0.25) is 0 Å². The lowest BCUT2D eigenvalue weighted by molar-refractivity contribution is -0.134. The molecular weight excluding hydrogens is 882 g/mol. The van der Waals surface area contributed by atoms with Gasteiger partial charge < -0.3 is 25.2 Å². The number of carbonyl (C=O) groups excluding carboxylic acids is 2. The second-order valence-electron chi connectivity index (χ2n) is 16.0. The number of amides is 2. The Morgan fingerprint density at radius 1 is 0.919 bits per heavy atom. The van der Waals surface area contributed by atoms with Crippen LogP contribution < -0.4 is 30.9 Å². The molecule has 0 bridgehead atoms. The molecule has 2 aromatic heterocycles. The SMILES string of the molecule is CCc1cc(Nc2ncc(Br)c(Nc3ccc4ncc(F)cc4c3PC)n2)c(OC)cc1N1CCC(N2CCN(CCc3cc(F)c(C4CCC(=O)NC4=O)c(F)c3)CC2)CC1. The monoisotopic (exact) mass is 931 g/mol. The summed E-state index contributed by atoms with van der Waals surface area (Å²) in [5.41, 5.74) is 4.96. The predicted molar refractivity (Wildman–Crippen MR) is 243 cm³/mol. The number of fused-ring (bicyclic) bond motifs is 1. The number of imide groups is 1. The molecule has 3 saturated heterocycles. The number of rotatable bonds is 13. The highest BCUT2D eigenvalue weighted by Crippen LogP contribution is 2.38. The third kappa shape index (κ3) is 9.53. The molecule has 3 fully saturated rings. The van der Waals surface area contributed by atoms with Gasteiger partial charge in [-0.2, -0.15) is 4.98 Å². The van der Waals surface area contributed by atoms with E-state index in [1.165, 1.54) is 30.0 Å². The van der Waals surface area contributed by atoms with Crippen molar-refractivity contribution in [2.45, 2.75) is 57.4 Å². The normalized spacial score (nSPS) is 18.2. The number of ether oxygens (including phenoxy) is 1. The lowest BCUT2D eigenvalue weighted by Gasteiger charge is -2.43. The molecular formula is C45H50BrF3N9O3P. The van der Waals surface area contributed by atoms with E-state index in [1.807, 2.05) is 12.1 Å². The van der Waals surface area contributed by atoms with Crippen LogP contribution in [0.25, 0.3) is 10.9 Å². The fraction of sp³-hybridized carbons (Fsp3) is 0.400. The molecule has 3 aromatic carbocycles. The molecule has 2 unspecified atom stereocenters. The van der Waals surface area contributed by atoms with E-state index in [0.29, 0.717) is 55.1 Å². The van der Waals surface area contributed by atoms with E-state index in [9.17, 15) is 14.0 Å². The molecule has 12 nitrogen and oxygen atoms in total. The smallest absolute Gasteiger partial charge is 0.234 e. The Labute approximate surface area is 369 Å². The highest BCUT2D eigenvalue weighted by Gasteiger charge is 2.33. The molecule has 5 aromatic rings. The van der Waals surface area contributed by atoms with Crippen LogP contribution in [0.5, 0.6) is 5.75 Å². The molecule has 3 aliphatic rings. The van der Waals surface area contributed by atoms with E-state index >= 15 is 8.78 Å². The molecule has 2 atom stereocenters. The molecule has 3 aliphatic heterocycles. The quantitative estimate of drug-likeness (QED) is 0.0801. The van der Waals surface area contributed by atoms with Crippen LogP contribution >= 0.6 is 24.5 Å². The molecule has 326 valence electrons. The molecule has 17 heteroatoms. The molecule has 0 radical (unpaired) electrons. The maximum atomic E-state index is 15.1. The van der Waals surface area contributed by atoms with Gasteiger partial charge in [-0.1, -0.05) is 15.5 Å². The number of benzene rings is 3. The van der Waals surface area contributed by atoms with Crippen molar-refractivity contribution < 1.29 is 27.5 Å². The zero-order chi connectivity index (χ0) is 43.5. The minimum atomic E-state index is -0.995. The van der Waals surface area contributed by atoms with E-state index < -0.39 is 29.4 Å². The Morgan fingerprint density at radius 2 is 1.68 bits per heavy atom. The molecule has 3 N–H and O–H groups in total. The molecule has 0 saturated carbocycles. The van der Waals surface area contributed by atoms with E-state index in [1.54, 1.807) is 13.3 Å². The molecule has 0 spiro atoms. The maximum Gasteiger partial charge on any atom is 0.234 e. The van der Waals surface area contributed by atoms with Crippen LogP contribution in [-0.4, -0.2) is 102 Å². The molecule has 2 amide bonds. The maximum absolute atomic E-state index is 15.1. The van der Waals surface area contributed by atoms with Gasteiger partial charge in [0.15, 0.2) is 0 Å². The minimum Gasteiger partial charge on any atom is -0.494 e. The highest BCUT2D eigenvalue weighted by atomic mass is 79.9. The summed E-state index contributed by atoms with van der Waals surface area (Å²) in [6, 6.07) is 12.7. The van der Waals surface area contributed by atoms with Gasteiger partial charge in [-0.05, 0) is 102 Å². The summed E-state index contributed by atoms with van der Waals surface area (Å²) in [5, 5.41) is 10.7. The topological polar surface area (TPSA) is 128 Å². The number of hydrogen-bond acceptors (Lipinski definition) is 11. The van der Waals surface area contributed by atoms with Crippen molar-refractivity contribution in [1.29, 1.82) is 0 Å². The van der Waals surface area contributed by atoms with Crippen molar-refractivity contribution >= 4 is 81.4 Å². The van der Waals surface area contributed by atoms with Crippen molar-refractivity contribution in [3.05, 3.63) is 93.5 Å². The number of aryl methyl sites for hydroxylation is 1. The van der Waals surface area contributed by atoms with Gasteiger partial charge in [0.25, 0.3) is 0 Å². The second-order valence-corrected chi connectivity index (χ2v) is 17.8. The number of aromatic nitrogens is 3. The van der Waals surface area contributed by atoms with E-state index in [-0.39, 0.29) is 24.2 Å². The van der Waals surface area contributed by atoms with Crippen LogP contribution in [0, 0.1) is 17.5 Å². The van der Waals surface area contributed by atoms with Gasteiger partial charge in [-0.15, -0.1) is 0 Å². The van der Waals surface area contributed by atoms with E-state index in [0.717, 1.165) is 91.8 Å². The first-order chi connectivity index (χ1) is 30.0. The van der Waals surface area contributed by atoms with Crippen molar-refractivity contribution in [3.63, 3.8) is 0 Å². The fourth-order valence-corrected chi connectivity index (χ4v) is 10.1. The Balaban J connectivity index is 0.859. The first-order valence-electron chi connectivity index (χ1n) is 21.1. The summed E-state index contributed by atoms with van der Waals surface area (Å²) >= 11 is 3.59. The molecule has 0 aliphatic carbocycles. The van der Waals surface area contributed by atoms with Crippen LogP contribution in [-0.2, 0) is 22.4 Å².